The average molecular weight is 381 g/mol. The molecule has 1 aromatic carbocycles. The highest BCUT2D eigenvalue weighted by Gasteiger charge is 2.24. The number of anilines is 1. The van der Waals surface area contributed by atoms with Gasteiger partial charge in [0.1, 0.15) is 4.21 Å². The van der Waals surface area contributed by atoms with E-state index in [4.69, 9.17) is 4.74 Å². The summed E-state index contributed by atoms with van der Waals surface area (Å²) >= 11 is 1.07. The summed E-state index contributed by atoms with van der Waals surface area (Å²) in [7, 11) is -3.79. The minimum absolute atomic E-state index is 0.0457. The molecule has 1 aromatic heterocycles. The molecule has 0 aliphatic rings. The smallest absolute Gasteiger partial charge is 0.340 e. The first-order chi connectivity index (χ1) is 11.6. The van der Waals surface area contributed by atoms with E-state index in [-0.39, 0.29) is 27.9 Å². The highest BCUT2D eigenvalue weighted by atomic mass is 32.2. The SMILES string of the molecule is CC(C)(C)C(=O)COC(=O)c1ccccc1NS(=O)(=O)c1cccs1. The molecule has 0 bridgehead atoms. The van der Waals surface area contributed by atoms with Crippen molar-refractivity contribution < 1.29 is 22.7 Å². The molecule has 0 aliphatic heterocycles. The number of esters is 1. The number of carbonyl (C=O) groups excluding carboxylic acids is 2. The molecule has 0 radical (unpaired) electrons. The van der Waals surface area contributed by atoms with E-state index in [1.54, 1.807) is 44.4 Å². The van der Waals surface area contributed by atoms with Gasteiger partial charge in [0.05, 0.1) is 11.3 Å². The number of ketones is 1. The lowest BCUT2D eigenvalue weighted by Gasteiger charge is -2.16. The summed E-state index contributed by atoms with van der Waals surface area (Å²) in [4.78, 5) is 24.1. The lowest BCUT2D eigenvalue weighted by atomic mass is 9.91. The predicted octanol–water partition coefficient (Wildman–Crippen LogP) is 3.32. The topological polar surface area (TPSA) is 89.5 Å². The first-order valence-corrected chi connectivity index (χ1v) is 9.83. The number of hydrogen-bond donors (Lipinski definition) is 1. The molecule has 8 heteroatoms. The van der Waals surface area contributed by atoms with Crippen molar-refractivity contribution in [3.63, 3.8) is 0 Å². The van der Waals surface area contributed by atoms with Crippen molar-refractivity contribution in [3.8, 4) is 0 Å². The number of thiophene rings is 1. The first-order valence-electron chi connectivity index (χ1n) is 7.47. The van der Waals surface area contributed by atoms with Gasteiger partial charge in [-0.2, -0.15) is 0 Å². The monoisotopic (exact) mass is 381 g/mol. The van der Waals surface area contributed by atoms with E-state index in [2.05, 4.69) is 4.72 Å². The van der Waals surface area contributed by atoms with Gasteiger partial charge in [-0.25, -0.2) is 13.2 Å². The van der Waals surface area contributed by atoms with Crippen molar-refractivity contribution in [1.29, 1.82) is 0 Å². The summed E-state index contributed by atoms with van der Waals surface area (Å²) in [6, 6.07) is 9.19. The molecular formula is C17H19NO5S2. The Bertz CT molecular complexity index is 865. The number of Topliss-reactive ketones (excluding diaryl/α,β-unsaturated/α-hetero) is 1. The van der Waals surface area contributed by atoms with Crippen molar-refractivity contribution in [2.45, 2.75) is 25.0 Å². The molecule has 0 saturated heterocycles. The van der Waals surface area contributed by atoms with Gasteiger partial charge in [-0.3, -0.25) is 9.52 Å². The second kappa shape index (κ2) is 7.37. The Morgan fingerprint density at radius 3 is 2.40 bits per heavy atom. The van der Waals surface area contributed by atoms with Crippen LogP contribution in [0.3, 0.4) is 0 Å². The fourth-order valence-electron chi connectivity index (χ4n) is 1.79. The lowest BCUT2D eigenvalue weighted by Crippen LogP contribution is -2.26. The Balaban J connectivity index is 2.18. The third-order valence-corrected chi connectivity index (χ3v) is 6.09. The van der Waals surface area contributed by atoms with Crippen LogP contribution in [0.2, 0.25) is 0 Å². The van der Waals surface area contributed by atoms with Gasteiger partial charge in [-0.15, -0.1) is 11.3 Å². The molecule has 2 rings (SSSR count). The molecule has 25 heavy (non-hydrogen) atoms. The fraction of sp³-hybridized carbons (Fsp3) is 0.294. The number of para-hydroxylation sites is 1. The number of ether oxygens (including phenoxy) is 1. The number of carbonyl (C=O) groups is 2. The number of benzene rings is 1. The van der Waals surface area contributed by atoms with Crippen LogP contribution < -0.4 is 4.72 Å². The molecule has 0 atom stereocenters. The zero-order valence-electron chi connectivity index (χ0n) is 14.1. The summed E-state index contributed by atoms with van der Waals surface area (Å²) < 4.78 is 32.2. The van der Waals surface area contributed by atoms with Crippen LogP contribution in [0.1, 0.15) is 31.1 Å². The van der Waals surface area contributed by atoms with Crippen LogP contribution in [0.4, 0.5) is 5.69 Å². The zero-order chi connectivity index (χ0) is 18.7. The Hall–Kier alpha value is -2.19. The summed E-state index contributed by atoms with van der Waals surface area (Å²) in [5.74, 6) is -0.987. The third-order valence-electron chi connectivity index (χ3n) is 3.32. The van der Waals surface area contributed by atoms with Crippen LogP contribution in [-0.4, -0.2) is 26.8 Å². The summed E-state index contributed by atoms with van der Waals surface area (Å²) in [6.45, 7) is 4.82. The van der Waals surface area contributed by atoms with Crippen molar-refractivity contribution >= 4 is 38.8 Å². The Labute approximate surface area is 150 Å². The summed E-state index contributed by atoms with van der Waals surface area (Å²) in [6.07, 6.45) is 0. The molecule has 0 unspecified atom stereocenters. The maximum Gasteiger partial charge on any atom is 0.340 e. The zero-order valence-corrected chi connectivity index (χ0v) is 15.7. The number of nitrogens with one attached hydrogen (secondary N) is 1. The maximum atomic E-state index is 12.3. The van der Waals surface area contributed by atoms with Gasteiger partial charge in [-0.05, 0) is 23.6 Å². The van der Waals surface area contributed by atoms with Gasteiger partial charge >= 0.3 is 5.97 Å². The average Bonchev–Trinajstić information content (AvgIpc) is 3.07. The van der Waals surface area contributed by atoms with Gasteiger partial charge in [-0.1, -0.05) is 39.0 Å². The van der Waals surface area contributed by atoms with Crippen LogP contribution in [0.15, 0.2) is 46.0 Å². The predicted molar refractivity (Wildman–Crippen MR) is 96.3 cm³/mol. The second-order valence-electron chi connectivity index (χ2n) is 6.33. The van der Waals surface area contributed by atoms with E-state index in [1.807, 2.05) is 0 Å². The molecule has 2 aromatic rings. The minimum Gasteiger partial charge on any atom is -0.454 e. The quantitative estimate of drug-likeness (QED) is 0.775. The second-order valence-corrected chi connectivity index (χ2v) is 9.19. The highest BCUT2D eigenvalue weighted by molar-refractivity contribution is 7.94. The van der Waals surface area contributed by atoms with Gasteiger partial charge in [0.15, 0.2) is 12.4 Å². The van der Waals surface area contributed by atoms with Crippen molar-refractivity contribution in [1.82, 2.24) is 0 Å². The van der Waals surface area contributed by atoms with E-state index in [1.165, 1.54) is 18.2 Å². The highest BCUT2D eigenvalue weighted by Crippen LogP contribution is 2.23. The maximum absolute atomic E-state index is 12.3. The molecule has 6 nitrogen and oxygen atoms in total. The van der Waals surface area contributed by atoms with Crippen LogP contribution in [0.25, 0.3) is 0 Å². The lowest BCUT2D eigenvalue weighted by molar-refractivity contribution is -0.129. The van der Waals surface area contributed by atoms with Crippen molar-refractivity contribution in [2.75, 3.05) is 11.3 Å². The summed E-state index contributed by atoms with van der Waals surface area (Å²) in [5.41, 5.74) is -0.478. The number of hydrogen-bond acceptors (Lipinski definition) is 6. The minimum atomic E-state index is -3.79. The van der Waals surface area contributed by atoms with Crippen molar-refractivity contribution in [2.24, 2.45) is 5.41 Å². The van der Waals surface area contributed by atoms with E-state index >= 15 is 0 Å². The van der Waals surface area contributed by atoms with E-state index in [0.29, 0.717) is 0 Å². The molecule has 0 amide bonds. The van der Waals surface area contributed by atoms with Crippen LogP contribution in [0.5, 0.6) is 0 Å². The molecular weight excluding hydrogens is 362 g/mol. The fourth-order valence-corrected chi connectivity index (χ4v) is 3.86. The van der Waals surface area contributed by atoms with Crippen LogP contribution >= 0.6 is 11.3 Å². The Morgan fingerprint density at radius 2 is 1.80 bits per heavy atom. The molecule has 0 fully saturated rings. The molecule has 134 valence electrons. The Kier molecular flexibility index (Phi) is 5.64. The third kappa shape index (κ3) is 4.90. The van der Waals surface area contributed by atoms with Gasteiger partial charge in [0.2, 0.25) is 0 Å². The molecule has 0 saturated carbocycles. The number of sulfonamides is 1. The molecule has 1 N–H and O–H groups in total. The Morgan fingerprint density at radius 1 is 1.12 bits per heavy atom. The van der Waals surface area contributed by atoms with Crippen LogP contribution in [-0.2, 0) is 19.6 Å². The van der Waals surface area contributed by atoms with Gasteiger partial charge < -0.3 is 4.74 Å². The normalized spacial score (nSPS) is 11.8. The largest absolute Gasteiger partial charge is 0.454 e. The standard InChI is InChI=1S/C17H19NO5S2/c1-17(2,3)14(19)11-23-16(20)12-7-4-5-8-13(12)18-25(21,22)15-9-6-10-24-15/h4-10,18H,11H2,1-3H3. The summed E-state index contributed by atoms with van der Waals surface area (Å²) in [5, 5.41) is 1.65. The molecule has 1 heterocycles. The molecule has 0 aliphatic carbocycles. The van der Waals surface area contributed by atoms with E-state index < -0.39 is 21.4 Å². The van der Waals surface area contributed by atoms with E-state index in [9.17, 15) is 18.0 Å². The van der Waals surface area contributed by atoms with Crippen LogP contribution in [0, 0.1) is 5.41 Å². The number of rotatable bonds is 6. The van der Waals surface area contributed by atoms with Gasteiger partial charge in [0.25, 0.3) is 10.0 Å². The van der Waals surface area contributed by atoms with E-state index in [0.717, 1.165) is 11.3 Å². The first kappa shape index (κ1) is 19.1. The van der Waals surface area contributed by atoms with Crippen molar-refractivity contribution in [3.05, 3.63) is 47.3 Å². The molecule has 0 spiro atoms. The van der Waals surface area contributed by atoms with Gasteiger partial charge in [0, 0.05) is 5.41 Å².